The fourth-order valence-corrected chi connectivity index (χ4v) is 6.56. The molecular formula is C18H16Cl2N2O2S2. The molecule has 0 amide bonds. The molecule has 1 N–H and O–H groups in total. The molecule has 2 heterocycles. The molecule has 1 aliphatic heterocycles. The molecule has 0 bridgehead atoms. The maximum Gasteiger partial charge on any atom is 0.208 e. The lowest BCUT2D eigenvalue weighted by atomic mass is 10.2. The van der Waals surface area contributed by atoms with Crippen LogP contribution in [0.3, 0.4) is 0 Å². The SMILES string of the molecule is O=S(=O)(c1cccc(Cl)c1)c1csc2c(N3CCNCC3)cc(Cl)cc12. The van der Waals surface area contributed by atoms with Crippen molar-refractivity contribution in [3.8, 4) is 0 Å². The molecule has 0 aliphatic carbocycles. The predicted molar refractivity (Wildman–Crippen MR) is 109 cm³/mol. The third-order valence-electron chi connectivity index (χ3n) is 4.44. The van der Waals surface area contributed by atoms with Crippen molar-refractivity contribution in [2.45, 2.75) is 9.79 Å². The number of hydrogen-bond acceptors (Lipinski definition) is 5. The van der Waals surface area contributed by atoms with E-state index >= 15 is 0 Å². The number of thiophene rings is 1. The van der Waals surface area contributed by atoms with Gasteiger partial charge in [-0.05, 0) is 30.3 Å². The maximum absolute atomic E-state index is 13.1. The normalized spacial score (nSPS) is 15.5. The van der Waals surface area contributed by atoms with Crippen molar-refractivity contribution in [2.24, 2.45) is 0 Å². The third kappa shape index (κ3) is 3.21. The van der Waals surface area contributed by atoms with Crippen LogP contribution in [-0.2, 0) is 9.84 Å². The van der Waals surface area contributed by atoms with Gasteiger partial charge in [0, 0.05) is 47.0 Å². The highest BCUT2D eigenvalue weighted by Crippen LogP contribution is 2.41. The van der Waals surface area contributed by atoms with Crippen LogP contribution in [0.25, 0.3) is 10.1 Å². The molecule has 1 aliphatic rings. The fourth-order valence-electron chi connectivity index (χ4n) is 3.17. The Morgan fingerprint density at radius 3 is 2.54 bits per heavy atom. The number of halogens is 2. The van der Waals surface area contributed by atoms with Crippen molar-refractivity contribution >= 4 is 60.1 Å². The van der Waals surface area contributed by atoms with Crippen LogP contribution in [0, 0.1) is 0 Å². The van der Waals surface area contributed by atoms with E-state index in [2.05, 4.69) is 10.2 Å². The van der Waals surface area contributed by atoms with Gasteiger partial charge in [-0.15, -0.1) is 11.3 Å². The van der Waals surface area contributed by atoms with Gasteiger partial charge in [-0.2, -0.15) is 0 Å². The number of nitrogens with one attached hydrogen (secondary N) is 1. The maximum atomic E-state index is 13.1. The Bertz CT molecular complexity index is 1070. The van der Waals surface area contributed by atoms with Crippen molar-refractivity contribution in [3.05, 3.63) is 51.8 Å². The minimum Gasteiger partial charge on any atom is -0.368 e. The summed E-state index contributed by atoms with van der Waals surface area (Å²) in [5, 5.41) is 6.61. The molecule has 136 valence electrons. The Hall–Kier alpha value is -1.31. The molecule has 1 fully saturated rings. The van der Waals surface area contributed by atoms with E-state index in [1.165, 1.54) is 17.4 Å². The Morgan fingerprint density at radius 2 is 1.81 bits per heavy atom. The van der Waals surface area contributed by atoms with Gasteiger partial charge in [-0.25, -0.2) is 8.42 Å². The van der Waals surface area contributed by atoms with E-state index in [-0.39, 0.29) is 9.79 Å². The second-order valence-corrected chi connectivity index (χ2v) is 9.77. The molecule has 4 nitrogen and oxygen atoms in total. The first-order valence-electron chi connectivity index (χ1n) is 8.14. The summed E-state index contributed by atoms with van der Waals surface area (Å²) in [4.78, 5) is 2.71. The number of rotatable bonds is 3. The summed E-state index contributed by atoms with van der Waals surface area (Å²) in [6.07, 6.45) is 0. The first-order valence-corrected chi connectivity index (χ1v) is 11.3. The molecule has 8 heteroatoms. The van der Waals surface area contributed by atoms with Crippen LogP contribution >= 0.6 is 34.5 Å². The van der Waals surface area contributed by atoms with Gasteiger partial charge in [0.15, 0.2) is 0 Å². The molecule has 26 heavy (non-hydrogen) atoms. The van der Waals surface area contributed by atoms with Gasteiger partial charge in [-0.1, -0.05) is 29.3 Å². The van der Waals surface area contributed by atoms with Crippen LogP contribution in [0.5, 0.6) is 0 Å². The van der Waals surface area contributed by atoms with Crippen molar-refractivity contribution in [2.75, 3.05) is 31.1 Å². The molecule has 0 spiro atoms. The highest BCUT2D eigenvalue weighted by atomic mass is 35.5. The van der Waals surface area contributed by atoms with Crippen LogP contribution in [-0.4, -0.2) is 34.6 Å². The van der Waals surface area contributed by atoms with Crippen LogP contribution < -0.4 is 10.2 Å². The molecule has 1 aromatic heterocycles. The van der Waals surface area contributed by atoms with Gasteiger partial charge >= 0.3 is 0 Å². The highest BCUT2D eigenvalue weighted by molar-refractivity contribution is 7.92. The zero-order chi connectivity index (χ0) is 18.3. The number of hydrogen-bond donors (Lipinski definition) is 1. The molecule has 4 rings (SSSR count). The third-order valence-corrected chi connectivity index (χ3v) is 7.85. The van der Waals surface area contributed by atoms with Crippen molar-refractivity contribution in [1.29, 1.82) is 0 Å². The van der Waals surface area contributed by atoms with E-state index in [1.807, 2.05) is 6.07 Å². The van der Waals surface area contributed by atoms with E-state index in [9.17, 15) is 8.42 Å². The van der Waals surface area contributed by atoms with Gasteiger partial charge in [0.25, 0.3) is 0 Å². The summed E-state index contributed by atoms with van der Waals surface area (Å²) in [5.41, 5.74) is 0.992. The second kappa shape index (κ2) is 7.02. The van der Waals surface area contributed by atoms with Gasteiger partial charge in [0.05, 0.1) is 20.2 Å². The monoisotopic (exact) mass is 426 g/mol. The van der Waals surface area contributed by atoms with Gasteiger partial charge in [0.2, 0.25) is 9.84 Å². The number of sulfone groups is 1. The van der Waals surface area contributed by atoms with E-state index < -0.39 is 9.84 Å². The van der Waals surface area contributed by atoms with Gasteiger partial charge < -0.3 is 10.2 Å². The smallest absolute Gasteiger partial charge is 0.208 e. The molecule has 1 saturated heterocycles. The Balaban J connectivity index is 1.88. The van der Waals surface area contributed by atoms with Crippen molar-refractivity contribution in [1.82, 2.24) is 5.32 Å². The topological polar surface area (TPSA) is 49.4 Å². The Kier molecular flexibility index (Phi) is 4.88. The lowest BCUT2D eigenvalue weighted by Gasteiger charge is -2.30. The summed E-state index contributed by atoms with van der Waals surface area (Å²) >= 11 is 13.8. The Morgan fingerprint density at radius 1 is 1.04 bits per heavy atom. The standard InChI is InChI=1S/C18H16Cl2N2O2S2/c19-12-2-1-3-14(8-12)26(23,24)17-11-25-18-15(17)9-13(20)10-16(18)22-6-4-21-5-7-22/h1-3,8-11,21H,4-7H2. The van der Waals surface area contributed by atoms with Crippen LogP contribution in [0.2, 0.25) is 10.0 Å². The zero-order valence-corrected chi connectivity index (χ0v) is 16.9. The summed E-state index contributed by atoms with van der Waals surface area (Å²) in [7, 11) is -3.67. The van der Waals surface area contributed by atoms with Crippen molar-refractivity contribution in [3.63, 3.8) is 0 Å². The lowest BCUT2D eigenvalue weighted by molar-refractivity contribution is 0.590. The molecule has 0 saturated carbocycles. The van der Waals surface area contributed by atoms with Gasteiger partial charge in [-0.3, -0.25) is 0 Å². The van der Waals surface area contributed by atoms with E-state index in [1.54, 1.807) is 29.6 Å². The molecule has 2 aromatic carbocycles. The first-order chi connectivity index (χ1) is 12.5. The second-order valence-electron chi connectivity index (χ2n) is 6.10. The molecular weight excluding hydrogens is 411 g/mol. The number of piperazine rings is 1. The van der Waals surface area contributed by atoms with Crippen LogP contribution in [0.1, 0.15) is 0 Å². The summed E-state index contributed by atoms with van der Waals surface area (Å²) in [5.74, 6) is 0. The lowest BCUT2D eigenvalue weighted by Crippen LogP contribution is -2.43. The van der Waals surface area contributed by atoms with E-state index in [4.69, 9.17) is 23.2 Å². The number of nitrogens with zero attached hydrogens (tertiary/aromatic N) is 1. The number of fused-ring (bicyclic) bond motifs is 1. The van der Waals surface area contributed by atoms with Gasteiger partial charge in [0.1, 0.15) is 0 Å². The van der Waals surface area contributed by atoms with E-state index in [0.717, 1.165) is 36.6 Å². The minimum atomic E-state index is -3.67. The average molecular weight is 427 g/mol. The van der Waals surface area contributed by atoms with E-state index in [0.29, 0.717) is 15.4 Å². The number of benzene rings is 2. The minimum absolute atomic E-state index is 0.188. The summed E-state index contributed by atoms with van der Waals surface area (Å²) < 4.78 is 27.2. The molecule has 0 unspecified atom stereocenters. The average Bonchev–Trinajstić information content (AvgIpc) is 3.06. The molecule has 3 aromatic rings. The van der Waals surface area contributed by atoms with Crippen molar-refractivity contribution < 1.29 is 8.42 Å². The molecule has 0 radical (unpaired) electrons. The largest absolute Gasteiger partial charge is 0.368 e. The highest BCUT2D eigenvalue weighted by Gasteiger charge is 2.25. The summed E-state index contributed by atoms with van der Waals surface area (Å²) in [6, 6.07) is 9.99. The van der Waals surface area contributed by atoms with Crippen LogP contribution in [0.15, 0.2) is 51.6 Å². The molecule has 0 atom stereocenters. The van der Waals surface area contributed by atoms with Crippen LogP contribution in [0.4, 0.5) is 5.69 Å². The Labute approximate surface area is 166 Å². The summed E-state index contributed by atoms with van der Waals surface area (Å²) in [6.45, 7) is 3.52. The fraction of sp³-hybridized carbons (Fsp3) is 0.222. The number of anilines is 1. The predicted octanol–water partition coefficient (Wildman–Crippen LogP) is 4.45. The first kappa shape index (κ1) is 18.1. The zero-order valence-electron chi connectivity index (χ0n) is 13.7. The quantitative estimate of drug-likeness (QED) is 0.671.